The van der Waals surface area contributed by atoms with E-state index in [4.69, 9.17) is 10.00 Å². The molecule has 2 fully saturated rings. The summed E-state index contributed by atoms with van der Waals surface area (Å²) in [5, 5.41) is 11.8. The van der Waals surface area contributed by atoms with E-state index in [-0.39, 0.29) is 5.91 Å². The van der Waals surface area contributed by atoms with Crippen molar-refractivity contribution in [3.63, 3.8) is 0 Å². The van der Waals surface area contributed by atoms with Crippen molar-refractivity contribution in [3.8, 4) is 6.07 Å². The summed E-state index contributed by atoms with van der Waals surface area (Å²) >= 11 is 0. The van der Waals surface area contributed by atoms with E-state index >= 15 is 0 Å². The van der Waals surface area contributed by atoms with Crippen LogP contribution >= 0.6 is 0 Å². The van der Waals surface area contributed by atoms with Crippen LogP contribution in [0.25, 0.3) is 0 Å². The first-order chi connectivity index (χ1) is 7.66. The molecule has 0 aromatic carbocycles. The van der Waals surface area contributed by atoms with Crippen molar-refractivity contribution in [1.29, 1.82) is 5.26 Å². The number of carbonyl (C=O) groups is 1. The average Bonchev–Trinajstić information content (AvgIpc) is 2.88. The number of ether oxygens (including phenoxy) is 1. The maximum atomic E-state index is 12.2. The first kappa shape index (κ1) is 11.4. The summed E-state index contributed by atoms with van der Waals surface area (Å²) in [6.45, 7) is 2.46. The number of hydrogen-bond acceptors (Lipinski definition) is 3. The van der Waals surface area contributed by atoms with Crippen LogP contribution in [-0.4, -0.2) is 23.7 Å². The molecule has 0 spiro atoms. The minimum atomic E-state index is -0.652. The smallest absolute Gasteiger partial charge is 0.253 e. The molecule has 0 saturated heterocycles. The van der Waals surface area contributed by atoms with Crippen molar-refractivity contribution >= 4 is 5.91 Å². The molecule has 0 aromatic heterocycles. The van der Waals surface area contributed by atoms with Crippen LogP contribution in [-0.2, 0) is 9.53 Å². The van der Waals surface area contributed by atoms with Crippen LogP contribution < -0.4 is 5.32 Å². The first-order valence-electron chi connectivity index (χ1n) is 6.04. The average molecular weight is 222 g/mol. The van der Waals surface area contributed by atoms with Gasteiger partial charge in [0.1, 0.15) is 11.1 Å². The van der Waals surface area contributed by atoms with Crippen molar-refractivity contribution < 1.29 is 9.53 Å². The predicted molar refractivity (Wildman–Crippen MR) is 58.5 cm³/mol. The van der Waals surface area contributed by atoms with Crippen LogP contribution in [0.2, 0.25) is 0 Å². The van der Waals surface area contributed by atoms with E-state index in [0.29, 0.717) is 6.61 Å². The topological polar surface area (TPSA) is 62.1 Å². The molecule has 2 aliphatic carbocycles. The van der Waals surface area contributed by atoms with Crippen LogP contribution in [0.5, 0.6) is 0 Å². The van der Waals surface area contributed by atoms with E-state index < -0.39 is 11.1 Å². The molecule has 4 nitrogen and oxygen atoms in total. The van der Waals surface area contributed by atoms with E-state index in [1.807, 2.05) is 6.92 Å². The van der Waals surface area contributed by atoms with Gasteiger partial charge in [-0.3, -0.25) is 4.79 Å². The fourth-order valence-electron chi connectivity index (χ4n) is 2.38. The minimum absolute atomic E-state index is 0.0779. The molecule has 1 amide bonds. The molecule has 0 radical (unpaired) electrons. The van der Waals surface area contributed by atoms with Gasteiger partial charge in [-0.25, -0.2) is 0 Å². The quantitative estimate of drug-likeness (QED) is 0.784. The van der Waals surface area contributed by atoms with E-state index in [2.05, 4.69) is 11.4 Å². The highest BCUT2D eigenvalue weighted by atomic mass is 16.5. The van der Waals surface area contributed by atoms with Gasteiger partial charge in [0.15, 0.2) is 0 Å². The number of nitrogens with one attached hydrogen (secondary N) is 1. The Morgan fingerprint density at radius 2 is 2.00 bits per heavy atom. The summed E-state index contributed by atoms with van der Waals surface area (Å²) < 4.78 is 5.65. The van der Waals surface area contributed by atoms with Gasteiger partial charge in [0.25, 0.3) is 5.91 Å². The van der Waals surface area contributed by atoms with Gasteiger partial charge in [-0.15, -0.1) is 0 Å². The number of nitriles is 1. The van der Waals surface area contributed by atoms with Crippen molar-refractivity contribution in [2.24, 2.45) is 0 Å². The first-order valence-corrected chi connectivity index (χ1v) is 6.04. The molecule has 0 unspecified atom stereocenters. The molecule has 0 atom stereocenters. The van der Waals surface area contributed by atoms with Crippen molar-refractivity contribution in [1.82, 2.24) is 5.32 Å². The lowest BCUT2D eigenvalue weighted by Gasteiger charge is -2.28. The largest absolute Gasteiger partial charge is 0.365 e. The zero-order valence-electron chi connectivity index (χ0n) is 9.71. The number of carbonyl (C=O) groups excluding carboxylic acids is 1. The van der Waals surface area contributed by atoms with Gasteiger partial charge in [-0.2, -0.15) is 5.26 Å². The molecule has 16 heavy (non-hydrogen) atoms. The number of amides is 1. The molecule has 4 heteroatoms. The maximum Gasteiger partial charge on any atom is 0.253 e. The van der Waals surface area contributed by atoms with Gasteiger partial charge < -0.3 is 10.1 Å². The van der Waals surface area contributed by atoms with Crippen molar-refractivity contribution in [2.45, 2.75) is 56.6 Å². The molecule has 0 aromatic rings. The Hall–Kier alpha value is -1.08. The van der Waals surface area contributed by atoms with Crippen molar-refractivity contribution in [2.75, 3.05) is 6.61 Å². The second-order valence-corrected chi connectivity index (χ2v) is 4.78. The van der Waals surface area contributed by atoms with Gasteiger partial charge >= 0.3 is 0 Å². The molecular weight excluding hydrogens is 204 g/mol. The molecular formula is C12H18N2O2. The van der Waals surface area contributed by atoms with Crippen LogP contribution in [0, 0.1) is 11.3 Å². The predicted octanol–water partition coefficient (Wildman–Crippen LogP) is 1.51. The number of nitrogens with zero attached hydrogens (tertiary/aromatic N) is 1. The lowest BCUT2D eigenvalue weighted by Crippen LogP contribution is -2.51. The fourth-order valence-corrected chi connectivity index (χ4v) is 2.38. The van der Waals surface area contributed by atoms with E-state index in [1.165, 1.54) is 0 Å². The summed E-state index contributed by atoms with van der Waals surface area (Å²) in [6, 6.07) is 2.18. The Balaban J connectivity index is 2.03. The Kier molecular flexibility index (Phi) is 2.90. The van der Waals surface area contributed by atoms with Gasteiger partial charge in [0.2, 0.25) is 0 Å². The Morgan fingerprint density at radius 3 is 2.44 bits per heavy atom. The Morgan fingerprint density at radius 1 is 1.38 bits per heavy atom. The lowest BCUT2D eigenvalue weighted by atomic mass is 10.00. The van der Waals surface area contributed by atoms with Crippen LogP contribution in [0.1, 0.15) is 45.4 Å². The summed E-state index contributed by atoms with van der Waals surface area (Å²) in [5.74, 6) is -0.0779. The van der Waals surface area contributed by atoms with E-state index in [1.54, 1.807) is 0 Å². The maximum absolute atomic E-state index is 12.2. The number of rotatable bonds is 4. The summed E-state index contributed by atoms with van der Waals surface area (Å²) in [6.07, 6.45) is 5.19. The highest BCUT2D eigenvalue weighted by Crippen LogP contribution is 2.38. The molecule has 0 heterocycles. The highest BCUT2D eigenvalue weighted by Gasteiger charge is 2.50. The second kappa shape index (κ2) is 4.06. The third-order valence-electron chi connectivity index (χ3n) is 3.56. The summed E-state index contributed by atoms with van der Waals surface area (Å²) in [5.41, 5.74) is -1.23. The SMILES string of the molecule is CCOC1(C(=O)NC2(C#N)CC2)CCCC1. The van der Waals surface area contributed by atoms with E-state index in [9.17, 15) is 4.79 Å². The molecule has 0 aliphatic heterocycles. The summed E-state index contributed by atoms with van der Waals surface area (Å²) in [7, 11) is 0. The van der Waals surface area contributed by atoms with Gasteiger partial charge in [-0.05, 0) is 45.4 Å². The van der Waals surface area contributed by atoms with Gasteiger partial charge in [0.05, 0.1) is 6.07 Å². The van der Waals surface area contributed by atoms with Crippen LogP contribution in [0.3, 0.4) is 0 Å². The zero-order valence-corrected chi connectivity index (χ0v) is 9.71. The van der Waals surface area contributed by atoms with Crippen LogP contribution in [0.15, 0.2) is 0 Å². The zero-order chi connectivity index (χ0) is 11.6. The molecule has 2 rings (SSSR count). The third kappa shape index (κ3) is 1.92. The van der Waals surface area contributed by atoms with Crippen molar-refractivity contribution in [3.05, 3.63) is 0 Å². The van der Waals surface area contributed by atoms with E-state index in [0.717, 1.165) is 38.5 Å². The minimum Gasteiger partial charge on any atom is -0.365 e. The molecule has 88 valence electrons. The van der Waals surface area contributed by atoms with Crippen LogP contribution in [0.4, 0.5) is 0 Å². The Labute approximate surface area is 96.0 Å². The third-order valence-corrected chi connectivity index (χ3v) is 3.56. The molecule has 2 aliphatic rings. The lowest BCUT2D eigenvalue weighted by molar-refractivity contribution is -0.146. The number of hydrogen-bond donors (Lipinski definition) is 1. The fraction of sp³-hybridized carbons (Fsp3) is 0.833. The standard InChI is InChI=1S/C12H18N2O2/c1-2-16-12(5-3-4-6-12)10(15)14-11(9-13)7-8-11/h2-8H2,1H3,(H,14,15). The summed E-state index contributed by atoms with van der Waals surface area (Å²) in [4.78, 5) is 12.2. The van der Waals surface area contributed by atoms with Gasteiger partial charge in [0, 0.05) is 6.61 Å². The molecule has 0 bridgehead atoms. The highest BCUT2D eigenvalue weighted by molar-refractivity contribution is 5.87. The monoisotopic (exact) mass is 222 g/mol. The second-order valence-electron chi connectivity index (χ2n) is 4.78. The molecule has 2 saturated carbocycles. The molecule has 1 N–H and O–H groups in total. The normalized spacial score (nSPS) is 24.8. The Bertz CT molecular complexity index is 322. The van der Waals surface area contributed by atoms with Gasteiger partial charge in [-0.1, -0.05) is 0 Å².